The van der Waals surface area contributed by atoms with Crippen molar-refractivity contribution in [2.24, 2.45) is 5.16 Å². The Morgan fingerprint density at radius 2 is 2.19 bits per heavy atom. The molecular weight excluding hydrogens is 275 g/mol. The molecule has 2 heterocycles. The predicted octanol–water partition coefficient (Wildman–Crippen LogP) is 2.23. The van der Waals surface area contributed by atoms with Crippen molar-refractivity contribution in [3.05, 3.63) is 59.8 Å². The van der Waals surface area contributed by atoms with Gasteiger partial charge in [-0.3, -0.25) is 4.79 Å². The molecule has 0 bridgehead atoms. The number of halogens is 1. The first-order chi connectivity index (χ1) is 10.2. The highest BCUT2D eigenvalue weighted by atomic mass is 19.1. The number of rotatable bonds is 4. The van der Waals surface area contributed by atoms with Gasteiger partial charge in [-0.05, 0) is 18.2 Å². The van der Waals surface area contributed by atoms with Crippen molar-refractivity contribution in [3.8, 4) is 0 Å². The zero-order chi connectivity index (χ0) is 14.7. The first kappa shape index (κ1) is 13.4. The van der Waals surface area contributed by atoms with Gasteiger partial charge in [-0.2, -0.15) is 0 Å². The normalized spacial score (nSPS) is 17.2. The van der Waals surface area contributed by atoms with E-state index in [1.54, 1.807) is 30.3 Å². The van der Waals surface area contributed by atoms with Crippen LogP contribution in [0.3, 0.4) is 0 Å². The van der Waals surface area contributed by atoms with Gasteiger partial charge in [-0.15, -0.1) is 0 Å². The third kappa shape index (κ3) is 2.94. The third-order valence-corrected chi connectivity index (χ3v) is 3.16. The van der Waals surface area contributed by atoms with E-state index in [0.29, 0.717) is 17.0 Å². The van der Waals surface area contributed by atoms with Crippen molar-refractivity contribution in [2.45, 2.75) is 19.1 Å². The van der Waals surface area contributed by atoms with E-state index in [4.69, 9.17) is 9.25 Å². The number of benzene rings is 1. The highest BCUT2D eigenvalue weighted by Gasteiger charge is 2.29. The molecule has 0 unspecified atom stereocenters. The number of carbonyl (C=O) groups is 1. The van der Waals surface area contributed by atoms with Crippen LogP contribution < -0.4 is 5.32 Å². The van der Waals surface area contributed by atoms with Crippen LogP contribution in [0.4, 0.5) is 4.39 Å². The zero-order valence-corrected chi connectivity index (χ0v) is 11.1. The largest absolute Gasteiger partial charge is 0.467 e. The van der Waals surface area contributed by atoms with Crippen molar-refractivity contribution < 1.29 is 18.4 Å². The van der Waals surface area contributed by atoms with Gasteiger partial charge in [0, 0.05) is 12.0 Å². The van der Waals surface area contributed by atoms with Crippen LogP contribution in [0.5, 0.6) is 0 Å². The predicted molar refractivity (Wildman–Crippen MR) is 73.0 cm³/mol. The van der Waals surface area contributed by atoms with E-state index in [1.807, 2.05) is 0 Å². The number of hydrogen-bond acceptors (Lipinski definition) is 4. The molecule has 2 aromatic rings. The number of hydrogen-bond donors (Lipinski definition) is 1. The summed E-state index contributed by atoms with van der Waals surface area (Å²) in [6.07, 6.45) is 1.03. The van der Waals surface area contributed by atoms with Crippen molar-refractivity contribution in [2.75, 3.05) is 0 Å². The molecule has 1 aromatic carbocycles. The van der Waals surface area contributed by atoms with Gasteiger partial charge in [0.15, 0.2) is 0 Å². The Balaban J connectivity index is 1.58. The summed E-state index contributed by atoms with van der Waals surface area (Å²) in [7, 11) is 0. The molecule has 1 aromatic heterocycles. The molecule has 0 saturated heterocycles. The van der Waals surface area contributed by atoms with Crippen molar-refractivity contribution in [1.82, 2.24) is 5.32 Å². The van der Waals surface area contributed by atoms with Gasteiger partial charge in [0.05, 0.1) is 18.5 Å². The molecule has 21 heavy (non-hydrogen) atoms. The van der Waals surface area contributed by atoms with E-state index in [2.05, 4.69) is 10.5 Å². The topological polar surface area (TPSA) is 63.8 Å². The second-order valence-corrected chi connectivity index (χ2v) is 4.61. The number of nitrogens with one attached hydrogen (secondary N) is 1. The zero-order valence-electron chi connectivity index (χ0n) is 11.1. The van der Waals surface area contributed by atoms with Gasteiger partial charge in [0.25, 0.3) is 5.91 Å². The summed E-state index contributed by atoms with van der Waals surface area (Å²) in [5.74, 6) is -0.0328. The quantitative estimate of drug-likeness (QED) is 0.938. The fourth-order valence-electron chi connectivity index (χ4n) is 2.07. The van der Waals surface area contributed by atoms with E-state index in [9.17, 15) is 9.18 Å². The first-order valence-corrected chi connectivity index (χ1v) is 6.52. The molecule has 1 atom stereocenters. The van der Waals surface area contributed by atoms with Crippen LogP contribution in [-0.2, 0) is 16.2 Å². The van der Waals surface area contributed by atoms with Crippen LogP contribution in [0.25, 0.3) is 0 Å². The summed E-state index contributed by atoms with van der Waals surface area (Å²) < 4.78 is 18.8. The van der Waals surface area contributed by atoms with Gasteiger partial charge >= 0.3 is 0 Å². The molecule has 6 heteroatoms. The monoisotopic (exact) mass is 288 g/mol. The Labute approximate surface area is 120 Å². The smallest absolute Gasteiger partial charge is 0.264 e. The lowest BCUT2D eigenvalue weighted by atomic mass is 10.0. The standard InChI is InChI=1S/C15H13FN2O3/c16-12-6-2-1-5-11(12)13-8-14(21-18-13)15(19)17-9-10-4-3-7-20-10/h1-7,14H,8-9H2,(H,17,19)/t14-/m0/s1. The summed E-state index contributed by atoms with van der Waals surface area (Å²) in [5.41, 5.74) is 0.796. The van der Waals surface area contributed by atoms with E-state index < -0.39 is 6.10 Å². The molecular formula is C15H13FN2O3. The summed E-state index contributed by atoms with van der Waals surface area (Å²) >= 11 is 0. The van der Waals surface area contributed by atoms with Crippen molar-refractivity contribution in [3.63, 3.8) is 0 Å². The van der Waals surface area contributed by atoms with Crippen LogP contribution in [-0.4, -0.2) is 17.7 Å². The van der Waals surface area contributed by atoms with E-state index in [1.165, 1.54) is 12.3 Å². The Morgan fingerprint density at radius 3 is 2.95 bits per heavy atom. The van der Waals surface area contributed by atoms with Gasteiger partial charge in [-0.1, -0.05) is 23.4 Å². The number of oxime groups is 1. The fraction of sp³-hybridized carbons (Fsp3) is 0.200. The molecule has 1 N–H and O–H groups in total. The average Bonchev–Trinajstić information content (AvgIpc) is 3.17. The lowest BCUT2D eigenvalue weighted by Crippen LogP contribution is -2.34. The van der Waals surface area contributed by atoms with Gasteiger partial charge in [0.2, 0.25) is 6.10 Å². The minimum absolute atomic E-state index is 0.241. The highest BCUT2D eigenvalue weighted by molar-refractivity contribution is 6.04. The Kier molecular flexibility index (Phi) is 3.68. The van der Waals surface area contributed by atoms with E-state index in [-0.39, 0.29) is 24.7 Å². The minimum atomic E-state index is -0.741. The highest BCUT2D eigenvalue weighted by Crippen LogP contribution is 2.19. The first-order valence-electron chi connectivity index (χ1n) is 6.52. The maximum absolute atomic E-state index is 13.7. The van der Waals surface area contributed by atoms with Crippen molar-refractivity contribution in [1.29, 1.82) is 0 Å². The Bertz CT molecular complexity index is 667. The van der Waals surface area contributed by atoms with Gasteiger partial charge < -0.3 is 14.6 Å². The second-order valence-electron chi connectivity index (χ2n) is 4.61. The lowest BCUT2D eigenvalue weighted by molar-refractivity contribution is -0.131. The molecule has 0 fully saturated rings. The van der Waals surface area contributed by atoms with Gasteiger partial charge in [-0.25, -0.2) is 4.39 Å². The molecule has 108 valence electrons. The fourth-order valence-corrected chi connectivity index (χ4v) is 2.07. The molecule has 5 nitrogen and oxygen atoms in total. The minimum Gasteiger partial charge on any atom is -0.467 e. The molecule has 0 aliphatic carbocycles. The van der Waals surface area contributed by atoms with Crippen LogP contribution in [0.1, 0.15) is 17.7 Å². The average molecular weight is 288 g/mol. The summed E-state index contributed by atoms with van der Waals surface area (Å²) in [6.45, 7) is 0.278. The number of amides is 1. The van der Waals surface area contributed by atoms with E-state index >= 15 is 0 Å². The van der Waals surface area contributed by atoms with Crippen LogP contribution in [0.15, 0.2) is 52.2 Å². The summed E-state index contributed by atoms with van der Waals surface area (Å²) in [6, 6.07) is 9.78. The lowest BCUT2D eigenvalue weighted by Gasteiger charge is -2.08. The molecule has 1 aliphatic rings. The third-order valence-electron chi connectivity index (χ3n) is 3.16. The second kappa shape index (κ2) is 5.78. The Hall–Kier alpha value is -2.63. The summed E-state index contributed by atoms with van der Waals surface area (Å²) in [4.78, 5) is 17.0. The molecule has 0 radical (unpaired) electrons. The SMILES string of the molecule is O=C(NCc1ccco1)[C@@H]1CC(c2ccccc2F)=NO1. The molecule has 1 amide bonds. The maximum atomic E-state index is 13.7. The molecule has 0 saturated carbocycles. The number of carbonyl (C=O) groups excluding carboxylic acids is 1. The molecule has 1 aliphatic heterocycles. The van der Waals surface area contributed by atoms with E-state index in [0.717, 1.165) is 0 Å². The van der Waals surface area contributed by atoms with Crippen molar-refractivity contribution >= 4 is 11.6 Å². The summed E-state index contributed by atoms with van der Waals surface area (Å²) in [5, 5.41) is 6.50. The maximum Gasteiger partial charge on any atom is 0.264 e. The Morgan fingerprint density at radius 1 is 1.33 bits per heavy atom. The van der Waals surface area contributed by atoms with Crippen LogP contribution in [0.2, 0.25) is 0 Å². The van der Waals surface area contributed by atoms with Gasteiger partial charge in [0.1, 0.15) is 11.6 Å². The number of furan rings is 1. The molecule has 3 rings (SSSR count). The number of nitrogens with zero attached hydrogens (tertiary/aromatic N) is 1. The van der Waals surface area contributed by atoms with Crippen LogP contribution in [0, 0.1) is 5.82 Å². The van der Waals surface area contributed by atoms with Crippen LogP contribution >= 0.6 is 0 Å². The molecule has 0 spiro atoms.